The Morgan fingerprint density at radius 2 is 1.75 bits per heavy atom. The Bertz CT molecular complexity index is 588. The molecule has 0 aliphatic carbocycles. The van der Waals surface area contributed by atoms with Crippen molar-refractivity contribution in [2.24, 2.45) is 5.73 Å². The molecule has 0 aliphatic rings. The van der Waals surface area contributed by atoms with Gasteiger partial charge in [-0.2, -0.15) is 0 Å². The minimum absolute atomic E-state index is 0.264. The van der Waals surface area contributed by atoms with Crippen molar-refractivity contribution in [3.8, 4) is 5.75 Å². The van der Waals surface area contributed by atoms with Crippen molar-refractivity contribution in [3.63, 3.8) is 0 Å². The van der Waals surface area contributed by atoms with Crippen LogP contribution in [0.2, 0.25) is 0 Å². The van der Waals surface area contributed by atoms with E-state index < -0.39 is 0 Å². The molecule has 1 atom stereocenters. The molecule has 2 rings (SSSR count). The Morgan fingerprint density at radius 1 is 1.10 bits per heavy atom. The standard InChI is InChI=1S/C17H20FNO/c1-11-6-12(2)8-14(7-11)10-20-17-5-4-15(18)9-16(17)13(3)19/h4-9,13H,10,19H2,1-3H3/t13-/m1/s1. The number of rotatable bonds is 4. The minimum atomic E-state index is -0.295. The SMILES string of the molecule is Cc1cc(C)cc(COc2ccc(F)cc2[C@@H](C)N)c1. The Hall–Kier alpha value is -1.87. The van der Waals surface area contributed by atoms with Gasteiger partial charge in [-0.1, -0.05) is 29.3 Å². The Labute approximate surface area is 119 Å². The molecule has 0 spiro atoms. The van der Waals surface area contributed by atoms with Gasteiger partial charge in [-0.25, -0.2) is 4.39 Å². The minimum Gasteiger partial charge on any atom is -0.489 e. The van der Waals surface area contributed by atoms with Gasteiger partial charge < -0.3 is 10.5 Å². The van der Waals surface area contributed by atoms with Crippen LogP contribution in [-0.4, -0.2) is 0 Å². The van der Waals surface area contributed by atoms with E-state index >= 15 is 0 Å². The van der Waals surface area contributed by atoms with Crippen LogP contribution in [0.4, 0.5) is 4.39 Å². The summed E-state index contributed by atoms with van der Waals surface area (Å²) in [7, 11) is 0. The van der Waals surface area contributed by atoms with Gasteiger partial charge in [-0.05, 0) is 44.5 Å². The van der Waals surface area contributed by atoms with Crippen molar-refractivity contribution in [2.45, 2.75) is 33.4 Å². The van der Waals surface area contributed by atoms with Gasteiger partial charge >= 0.3 is 0 Å². The molecular weight excluding hydrogens is 253 g/mol. The molecule has 2 nitrogen and oxygen atoms in total. The molecule has 0 bridgehead atoms. The first kappa shape index (κ1) is 14.5. The number of aryl methyl sites for hydroxylation is 2. The van der Waals surface area contributed by atoms with Crippen LogP contribution in [0.15, 0.2) is 36.4 Å². The smallest absolute Gasteiger partial charge is 0.124 e. The van der Waals surface area contributed by atoms with E-state index in [0.717, 1.165) is 5.56 Å². The summed E-state index contributed by atoms with van der Waals surface area (Å²) in [6, 6.07) is 10.5. The molecule has 0 saturated carbocycles. The lowest BCUT2D eigenvalue weighted by Gasteiger charge is -2.14. The van der Waals surface area contributed by atoms with Gasteiger partial charge in [-0.3, -0.25) is 0 Å². The Kier molecular flexibility index (Phi) is 4.40. The number of ether oxygens (including phenoxy) is 1. The van der Waals surface area contributed by atoms with E-state index in [0.29, 0.717) is 17.9 Å². The topological polar surface area (TPSA) is 35.2 Å². The molecule has 20 heavy (non-hydrogen) atoms. The second-order valence-electron chi connectivity index (χ2n) is 5.26. The van der Waals surface area contributed by atoms with Gasteiger partial charge in [-0.15, -0.1) is 0 Å². The van der Waals surface area contributed by atoms with Gasteiger partial charge in [0.25, 0.3) is 0 Å². The molecule has 2 aromatic carbocycles. The largest absolute Gasteiger partial charge is 0.489 e. The fraction of sp³-hybridized carbons (Fsp3) is 0.294. The monoisotopic (exact) mass is 273 g/mol. The lowest BCUT2D eigenvalue weighted by molar-refractivity contribution is 0.300. The van der Waals surface area contributed by atoms with Crippen LogP contribution in [0.3, 0.4) is 0 Å². The van der Waals surface area contributed by atoms with Crippen LogP contribution < -0.4 is 10.5 Å². The molecular formula is C17H20FNO. The van der Waals surface area contributed by atoms with Crippen molar-refractivity contribution in [1.82, 2.24) is 0 Å². The highest BCUT2D eigenvalue weighted by Gasteiger charge is 2.10. The molecule has 0 unspecified atom stereocenters. The predicted octanol–water partition coefficient (Wildman–Crippen LogP) is 4.04. The van der Waals surface area contributed by atoms with Crippen molar-refractivity contribution >= 4 is 0 Å². The summed E-state index contributed by atoms with van der Waals surface area (Å²) < 4.78 is 19.1. The van der Waals surface area contributed by atoms with E-state index in [1.165, 1.54) is 23.3 Å². The second-order valence-corrected chi connectivity index (χ2v) is 5.26. The first-order chi connectivity index (χ1) is 9.45. The van der Waals surface area contributed by atoms with Crippen LogP contribution >= 0.6 is 0 Å². The summed E-state index contributed by atoms with van der Waals surface area (Å²) >= 11 is 0. The quantitative estimate of drug-likeness (QED) is 0.912. The van der Waals surface area contributed by atoms with Crippen molar-refractivity contribution in [3.05, 3.63) is 64.5 Å². The first-order valence-corrected chi connectivity index (χ1v) is 6.70. The molecule has 0 fully saturated rings. The van der Waals surface area contributed by atoms with Gasteiger partial charge in [0, 0.05) is 11.6 Å². The molecule has 0 saturated heterocycles. The highest BCUT2D eigenvalue weighted by atomic mass is 19.1. The van der Waals surface area contributed by atoms with E-state index in [2.05, 4.69) is 32.0 Å². The summed E-state index contributed by atoms with van der Waals surface area (Å²) in [5, 5.41) is 0. The van der Waals surface area contributed by atoms with E-state index in [1.54, 1.807) is 6.07 Å². The number of hydrogen-bond acceptors (Lipinski definition) is 2. The first-order valence-electron chi connectivity index (χ1n) is 6.70. The average molecular weight is 273 g/mol. The fourth-order valence-corrected chi connectivity index (χ4v) is 2.32. The van der Waals surface area contributed by atoms with Gasteiger partial charge in [0.15, 0.2) is 0 Å². The van der Waals surface area contributed by atoms with Gasteiger partial charge in [0.05, 0.1) is 0 Å². The number of hydrogen-bond donors (Lipinski definition) is 1. The van der Waals surface area contributed by atoms with E-state index in [4.69, 9.17) is 10.5 Å². The summed E-state index contributed by atoms with van der Waals surface area (Å²) in [5.74, 6) is 0.344. The summed E-state index contributed by atoms with van der Waals surface area (Å²) in [5.41, 5.74) is 10.1. The molecule has 0 heterocycles. The summed E-state index contributed by atoms with van der Waals surface area (Å²) in [4.78, 5) is 0. The lowest BCUT2D eigenvalue weighted by atomic mass is 10.1. The maximum atomic E-state index is 13.3. The zero-order chi connectivity index (χ0) is 14.7. The maximum absolute atomic E-state index is 13.3. The summed E-state index contributed by atoms with van der Waals surface area (Å²) in [6.07, 6.45) is 0. The predicted molar refractivity (Wildman–Crippen MR) is 79.3 cm³/mol. The zero-order valence-corrected chi connectivity index (χ0v) is 12.1. The zero-order valence-electron chi connectivity index (χ0n) is 12.1. The van der Waals surface area contributed by atoms with E-state index in [9.17, 15) is 4.39 Å². The van der Waals surface area contributed by atoms with Crippen molar-refractivity contribution in [2.75, 3.05) is 0 Å². The van der Waals surface area contributed by atoms with Crippen LogP contribution in [0.25, 0.3) is 0 Å². The third-order valence-electron chi connectivity index (χ3n) is 3.14. The van der Waals surface area contributed by atoms with Crippen LogP contribution in [0, 0.1) is 19.7 Å². The normalized spacial score (nSPS) is 12.2. The molecule has 2 N–H and O–H groups in total. The third kappa shape index (κ3) is 3.58. The molecule has 0 radical (unpaired) electrons. The van der Waals surface area contributed by atoms with E-state index in [-0.39, 0.29) is 11.9 Å². The van der Waals surface area contributed by atoms with Crippen LogP contribution in [0.5, 0.6) is 5.75 Å². The average Bonchev–Trinajstić information content (AvgIpc) is 2.36. The third-order valence-corrected chi connectivity index (χ3v) is 3.14. The van der Waals surface area contributed by atoms with Gasteiger partial charge in [0.1, 0.15) is 18.2 Å². The highest BCUT2D eigenvalue weighted by Crippen LogP contribution is 2.25. The number of nitrogens with two attached hydrogens (primary N) is 1. The number of benzene rings is 2. The molecule has 0 aliphatic heterocycles. The van der Waals surface area contributed by atoms with Crippen LogP contribution in [0.1, 0.15) is 35.2 Å². The van der Waals surface area contributed by atoms with E-state index in [1.807, 2.05) is 6.92 Å². The van der Waals surface area contributed by atoms with Crippen molar-refractivity contribution in [1.29, 1.82) is 0 Å². The molecule has 0 aromatic heterocycles. The Balaban J connectivity index is 2.18. The second kappa shape index (κ2) is 6.06. The summed E-state index contributed by atoms with van der Waals surface area (Å²) in [6.45, 7) is 6.38. The highest BCUT2D eigenvalue weighted by molar-refractivity contribution is 5.36. The molecule has 2 aromatic rings. The molecule has 3 heteroatoms. The van der Waals surface area contributed by atoms with Gasteiger partial charge in [0.2, 0.25) is 0 Å². The molecule has 0 amide bonds. The fourth-order valence-electron chi connectivity index (χ4n) is 2.32. The Morgan fingerprint density at radius 3 is 2.35 bits per heavy atom. The maximum Gasteiger partial charge on any atom is 0.124 e. The van der Waals surface area contributed by atoms with Crippen molar-refractivity contribution < 1.29 is 9.13 Å². The lowest BCUT2D eigenvalue weighted by Crippen LogP contribution is -2.08. The number of halogens is 1. The van der Waals surface area contributed by atoms with Crippen LogP contribution in [-0.2, 0) is 6.61 Å². The molecule has 106 valence electrons.